The van der Waals surface area contributed by atoms with E-state index in [2.05, 4.69) is 50.5 Å². The molecule has 1 aromatic carbocycles. The zero-order valence-corrected chi connectivity index (χ0v) is 16.9. The van der Waals surface area contributed by atoms with Gasteiger partial charge in [-0.05, 0) is 51.5 Å². The molecule has 0 saturated heterocycles. The number of methoxy groups -OCH3 is 2. The maximum Gasteiger partial charge on any atom is 0.253 e. The molecule has 0 aliphatic carbocycles. The van der Waals surface area contributed by atoms with Crippen molar-refractivity contribution in [3.63, 3.8) is 0 Å². The van der Waals surface area contributed by atoms with Crippen molar-refractivity contribution < 1.29 is 24.5 Å². The molecule has 0 saturated carbocycles. The van der Waals surface area contributed by atoms with Gasteiger partial charge >= 0.3 is 0 Å². The van der Waals surface area contributed by atoms with E-state index in [1.807, 2.05) is 7.85 Å². The summed E-state index contributed by atoms with van der Waals surface area (Å²) in [6, 6.07) is 0. The number of aliphatic hydroxyl groups excluding tert-OH is 2. The van der Waals surface area contributed by atoms with Crippen molar-refractivity contribution in [2.24, 2.45) is 0 Å². The van der Waals surface area contributed by atoms with E-state index in [9.17, 15) is 9.90 Å². The van der Waals surface area contributed by atoms with Crippen LogP contribution in [0.4, 0.5) is 0 Å². The van der Waals surface area contributed by atoms with Gasteiger partial charge in [0.2, 0.25) is 0 Å². The first-order valence-electron chi connectivity index (χ1n) is 6.61. The molecule has 9 heteroatoms. The van der Waals surface area contributed by atoms with Crippen LogP contribution in [0.5, 0.6) is 11.5 Å². The van der Waals surface area contributed by atoms with Crippen molar-refractivity contribution in [2.75, 3.05) is 27.4 Å². The molecular formula is C13H18BI2NO5. The van der Waals surface area contributed by atoms with Crippen LogP contribution in [0.15, 0.2) is 0 Å². The summed E-state index contributed by atoms with van der Waals surface area (Å²) in [5, 5.41) is 20.8. The molecular weight excluding hydrogens is 515 g/mol. The van der Waals surface area contributed by atoms with Crippen molar-refractivity contribution >= 4 is 58.9 Å². The average Bonchev–Trinajstić information content (AvgIpc) is 2.51. The minimum absolute atomic E-state index is 0.0261. The minimum Gasteiger partial charge on any atom is -0.495 e. The van der Waals surface area contributed by atoms with Crippen LogP contribution in [0.25, 0.3) is 0 Å². The number of halogens is 2. The third-order valence-corrected chi connectivity index (χ3v) is 5.14. The minimum atomic E-state index is -0.988. The predicted octanol–water partition coefficient (Wildman–Crippen LogP) is 0.129. The van der Waals surface area contributed by atoms with E-state index in [0.717, 1.165) is 5.56 Å². The molecule has 0 fully saturated rings. The molecule has 0 bridgehead atoms. The molecule has 3 N–H and O–H groups in total. The molecule has 22 heavy (non-hydrogen) atoms. The van der Waals surface area contributed by atoms with Gasteiger partial charge in [-0.1, -0.05) is 0 Å². The van der Waals surface area contributed by atoms with E-state index >= 15 is 0 Å². The van der Waals surface area contributed by atoms with Crippen LogP contribution in [-0.2, 0) is 6.32 Å². The van der Waals surface area contributed by atoms with E-state index in [1.165, 1.54) is 0 Å². The molecule has 122 valence electrons. The second-order valence-electron chi connectivity index (χ2n) is 4.45. The molecule has 0 aliphatic rings. The summed E-state index contributed by atoms with van der Waals surface area (Å²) >= 11 is 4.14. The molecule has 1 aromatic rings. The Morgan fingerprint density at radius 2 is 1.77 bits per heavy atom. The smallest absolute Gasteiger partial charge is 0.253 e. The zero-order chi connectivity index (χ0) is 16.9. The number of nitrogens with one attached hydrogen (secondary N) is 1. The lowest BCUT2D eigenvalue weighted by Crippen LogP contribution is -2.34. The van der Waals surface area contributed by atoms with Crippen LogP contribution in [0, 0.1) is 7.14 Å². The summed E-state index contributed by atoms with van der Waals surface area (Å²) < 4.78 is 12.3. The van der Waals surface area contributed by atoms with Crippen LogP contribution < -0.4 is 14.8 Å². The number of rotatable bonds is 7. The molecule has 0 aromatic heterocycles. The van der Waals surface area contributed by atoms with Crippen LogP contribution in [0.2, 0.25) is 0 Å². The van der Waals surface area contributed by atoms with Gasteiger partial charge in [-0.25, -0.2) is 0 Å². The van der Waals surface area contributed by atoms with E-state index in [-0.39, 0.29) is 12.5 Å². The highest BCUT2D eigenvalue weighted by atomic mass is 127. The monoisotopic (exact) mass is 533 g/mol. The van der Waals surface area contributed by atoms with E-state index in [0.29, 0.717) is 30.5 Å². The Morgan fingerprint density at radius 3 is 2.14 bits per heavy atom. The number of carbonyl (C=O) groups excluding carboxylic acids is 1. The van der Waals surface area contributed by atoms with Gasteiger partial charge in [-0.2, -0.15) is 0 Å². The molecule has 0 radical (unpaired) electrons. The molecule has 6 nitrogen and oxygen atoms in total. The van der Waals surface area contributed by atoms with Gasteiger partial charge in [0, 0.05) is 12.1 Å². The first-order chi connectivity index (χ1) is 10.4. The summed E-state index contributed by atoms with van der Waals surface area (Å²) in [7, 11) is 5.10. The van der Waals surface area contributed by atoms with Crippen LogP contribution in [-0.4, -0.2) is 57.4 Å². The number of amides is 1. The molecule has 1 unspecified atom stereocenters. The van der Waals surface area contributed by atoms with E-state index < -0.39 is 12.7 Å². The summed E-state index contributed by atoms with van der Waals surface area (Å²) in [4.78, 5) is 12.4. The Kier molecular flexibility index (Phi) is 8.21. The second kappa shape index (κ2) is 9.13. The first kappa shape index (κ1) is 19.8. The van der Waals surface area contributed by atoms with Crippen LogP contribution >= 0.6 is 45.2 Å². The van der Waals surface area contributed by atoms with Gasteiger partial charge in [0.15, 0.2) is 0 Å². The van der Waals surface area contributed by atoms with Crippen LogP contribution in [0.3, 0.4) is 0 Å². The molecule has 1 amide bonds. The summed E-state index contributed by atoms with van der Waals surface area (Å²) in [6.45, 7) is -0.433. The number of benzene rings is 1. The van der Waals surface area contributed by atoms with E-state index in [4.69, 9.17) is 14.6 Å². The van der Waals surface area contributed by atoms with Gasteiger partial charge < -0.3 is 25.0 Å². The van der Waals surface area contributed by atoms with Crippen molar-refractivity contribution in [3.8, 4) is 11.5 Å². The summed E-state index contributed by atoms with van der Waals surface area (Å²) in [5.74, 6) is 0.891. The Labute approximate surface area is 157 Å². The van der Waals surface area contributed by atoms with Gasteiger partial charge in [-0.3, -0.25) is 4.79 Å². The third-order valence-electron chi connectivity index (χ3n) is 3.08. The first-order valence-corrected chi connectivity index (χ1v) is 8.77. The highest BCUT2D eigenvalue weighted by Gasteiger charge is 2.26. The Hall–Kier alpha value is -0.265. The number of hydrogen-bond donors (Lipinski definition) is 3. The van der Waals surface area contributed by atoms with Crippen molar-refractivity contribution in [3.05, 3.63) is 18.3 Å². The molecule has 0 aliphatic heterocycles. The number of carbonyl (C=O) groups is 1. The Bertz CT molecular complexity index is 525. The fourth-order valence-corrected chi connectivity index (χ4v) is 4.64. The van der Waals surface area contributed by atoms with Gasteiger partial charge in [0.25, 0.3) is 5.91 Å². The SMILES string of the molecule is BCc1c(OC)c(I)c(C(=O)NCC(O)CO)c(I)c1OC. The fraction of sp³-hybridized carbons (Fsp3) is 0.462. The Morgan fingerprint density at radius 1 is 1.27 bits per heavy atom. The maximum absolute atomic E-state index is 12.4. The van der Waals surface area contributed by atoms with Gasteiger partial charge in [-0.15, -0.1) is 0 Å². The highest BCUT2D eigenvalue weighted by Crippen LogP contribution is 2.40. The third kappa shape index (κ3) is 4.17. The van der Waals surface area contributed by atoms with Gasteiger partial charge in [0.1, 0.15) is 19.3 Å². The zero-order valence-electron chi connectivity index (χ0n) is 12.6. The predicted molar refractivity (Wildman–Crippen MR) is 103 cm³/mol. The van der Waals surface area contributed by atoms with Crippen molar-refractivity contribution in [2.45, 2.75) is 12.4 Å². The normalized spacial score (nSPS) is 11.9. The topological polar surface area (TPSA) is 88.0 Å². The lowest BCUT2D eigenvalue weighted by atomic mass is 9.94. The largest absolute Gasteiger partial charge is 0.495 e. The summed E-state index contributed by atoms with van der Waals surface area (Å²) in [5.41, 5.74) is 1.35. The van der Waals surface area contributed by atoms with E-state index in [1.54, 1.807) is 14.2 Å². The molecule has 0 heterocycles. The number of ether oxygens (including phenoxy) is 2. The standard InChI is InChI=1S/C13H18BI2NO5/c1-21-11-7(3-14)12(22-2)10(16)8(9(11)15)13(20)17-4-6(19)5-18/h6,18-19H,3-5,14H2,1-2H3,(H,17,20). The molecule has 1 atom stereocenters. The lowest BCUT2D eigenvalue weighted by Gasteiger charge is -2.19. The maximum atomic E-state index is 12.4. The highest BCUT2D eigenvalue weighted by molar-refractivity contribution is 14.1. The number of aliphatic hydroxyl groups is 2. The fourth-order valence-electron chi connectivity index (χ4n) is 2.00. The number of hydrogen-bond acceptors (Lipinski definition) is 5. The molecule has 0 spiro atoms. The average molecular weight is 533 g/mol. The summed E-state index contributed by atoms with van der Waals surface area (Å²) in [6.07, 6.45) is -0.276. The molecule has 1 rings (SSSR count). The Balaban J connectivity index is 3.32. The van der Waals surface area contributed by atoms with Gasteiger partial charge in [0.05, 0.1) is 39.6 Å². The van der Waals surface area contributed by atoms with Crippen molar-refractivity contribution in [1.82, 2.24) is 5.32 Å². The second-order valence-corrected chi connectivity index (χ2v) is 6.61. The quantitative estimate of drug-likeness (QED) is 0.343. The lowest BCUT2D eigenvalue weighted by molar-refractivity contribution is 0.0800. The van der Waals surface area contributed by atoms with Crippen molar-refractivity contribution in [1.29, 1.82) is 0 Å². The van der Waals surface area contributed by atoms with Crippen LogP contribution in [0.1, 0.15) is 15.9 Å².